The number of hydrogen-bond acceptors (Lipinski definition) is 4. The van der Waals surface area contributed by atoms with E-state index in [1.165, 1.54) is 6.92 Å². The molecule has 0 aliphatic rings. The lowest BCUT2D eigenvalue weighted by molar-refractivity contribution is 0.0107. The fraction of sp³-hybridized carbons (Fsp3) is 0.750. The SMILES string of the molecule is CC#N.CC(C)(C)OC(=O)N(C(=O)O)C(C)(C)C. The molecular weight excluding hydrogens is 236 g/mol. The number of imide groups is 1. The Bertz CT molecular complexity index is 331. The smallest absolute Gasteiger partial charge is 0.420 e. The Hall–Kier alpha value is -1.77. The highest BCUT2D eigenvalue weighted by Crippen LogP contribution is 2.18. The van der Waals surface area contributed by atoms with Crippen molar-refractivity contribution in [2.24, 2.45) is 0 Å². The fourth-order valence-corrected chi connectivity index (χ4v) is 0.946. The Kier molecular flexibility index (Phi) is 7.07. The molecule has 0 atom stereocenters. The standard InChI is InChI=1S/C10H19NO4.C2H3N/c1-9(2,3)11(7(12)13)8(14)15-10(4,5)6;1-2-3/h1-6H3,(H,12,13);1H3. The van der Waals surface area contributed by atoms with Gasteiger partial charge in [-0.25, -0.2) is 14.5 Å². The molecule has 18 heavy (non-hydrogen) atoms. The number of nitriles is 1. The van der Waals surface area contributed by atoms with E-state index < -0.39 is 23.3 Å². The Balaban J connectivity index is 0. The van der Waals surface area contributed by atoms with Gasteiger partial charge in [0, 0.05) is 12.5 Å². The number of carbonyl (C=O) groups is 2. The molecule has 0 aromatic heterocycles. The first-order valence-electron chi connectivity index (χ1n) is 5.43. The van der Waals surface area contributed by atoms with E-state index in [0.29, 0.717) is 4.90 Å². The summed E-state index contributed by atoms with van der Waals surface area (Å²) in [5.74, 6) is 0. The Labute approximate surface area is 108 Å². The number of hydrogen-bond donors (Lipinski definition) is 1. The maximum atomic E-state index is 11.6. The van der Waals surface area contributed by atoms with Gasteiger partial charge < -0.3 is 9.84 Å². The lowest BCUT2D eigenvalue weighted by atomic mass is 10.1. The third-order valence-corrected chi connectivity index (χ3v) is 1.44. The van der Waals surface area contributed by atoms with Gasteiger partial charge in [-0.2, -0.15) is 5.26 Å². The van der Waals surface area contributed by atoms with Gasteiger partial charge in [0.25, 0.3) is 0 Å². The minimum Gasteiger partial charge on any atom is -0.465 e. The highest BCUT2D eigenvalue weighted by Gasteiger charge is 2.35. The quantitative estimate of drug-likeness (QED) is 0.720. The normalized spacial score (nSPS) is 10.6. The first-order chi connectivity index (χ1) is 7.86. The van der Waals surface area contributed by atoms with Gasteiger partial charge in [0.05, 0.1) is 6.07 Å². The maximum Gasteiger partial charge on any atom is 0.420 e. The number of amides is 2. The topological polar surface area (TPSA) is 90.6 Å². The van der Waals surface area contributed by atoms with Gasteiger partial charge in [0.1, 0.15) is 5.60 Å². The molecule has 104 valence electrons. The molecule has 0 spiro atoms. The molecule has 0 saturated carbocycles. The van der Waals surface area contributed by atoms with E-state index in [1.807, 2.05) is 0 Å². The van der Waals surface area contributed by atoms with Crippen LogP contribution in [0.1, 0.15) is 48.5 Å². The van der Waals surface area contributed by atoms with Crippen LogP contribution in [0.5, 0.6) is 0 Å². The second kappa shape index (κ2) is 6.84. The summed E-state index contributed by atoms with van der Waals surface area (Å²) in [6.07, 6.45) is -2.15. The van der Waals surface area contributed by atoms with Gasteiger partial charge in [-0.1, -0.05) is 0 Å². The number of rotatable bonds is 0. The van der Waals surface area contributed by atoms with Crippen LogP contribution in [-0.4, -0.2) is 33.3 Å². The molecule has 0 radical (unpaired) electrons. The van der Waals surface area contributed by atoms with E-state index in [-0.39, 0.29) is 0 Å². The molecule has 0 aromatic carbocycles. The van der Waals surface area contributed by atoms with Crippen LogP contribution in [0.25, 0.3) is 0 Å². The molecule has 0 aliphatic heterocycles. The first kappa shape index (κ1) is 18.6. The Morgan fingerprint density at radius 3 is 1.67 bits per heavy atom. The molecule has 6 heteroatoms. The summed E-state index contributed by atoms with van der Waals surface area (Å²) in [4.78, 5) is 23.1. The molecule has 0 aromatic rings. The average Bonchev–Trinajstić information content (AvgIpc) is 1.95. The van der Waals surface area contributed by atoms with E-state index in [0.717, 1.165) is 0 Å². The number of ether oxygens (including phenoxy) is 1. The summed E-state index contributed by atoms with van der Waals surface area (Å²) in [5.41, 5.74) is -1.51. The Morgan fingerprint density at radius 1 is 1.17 bits per heavy atom. The third-order valence-electron chi connectivity index (χ3n) is 1.44. The number of carbonyl (C=O) groups excluding carboxylic acids is 1. The van der Waals surface area contributed by atoms with Crippen molar-refractivity contribution in [1.82, 2.24) is 4.90 Å². The summed E-state index contributed by atoms with van der Waals surface area (Å²) in [5, 5.41) is 16.2. The van der Waals surface area contributed by atoms with Gasteiger partial charge in [-0.15, -0.1) is 0 Å². The predicted molar refractivity (Wildman–Crippen MR) is 67.1 cm³/mol. The van der Waals surface area contributed by atoms with E-state index in [9.17, 15) is 9.59 Å². The van der Waals surface area contributed by atoms with Crippen LogP contribution in [-0.2, 0) is 4.74 Å². The lowest BCUT2D eigenvalue weighted by Gasteiger charge is -2.32. The molecular formula is C12H22N2O4. The predicted octanol–water partition coefficient (Wildman–Crippen LogP) is 3.23. The first-order valence-corrected chi connectivity index (χ1v) is 5.43. The molecule has 0 fully saturated rings. The average molecular weight is 258 g/mol. The fourth-order valence-electron chi connectivity index (χ4n) is 0.946. The van der Waals surface area contributed by atoms with Crippen molar-refractivity contribution in [2.75, 3.05) is 0 Å². The van der Waals surface area contributed by atoms with Crippen LogP contribution in [0.4, 0.5) is 9.59 Å². The van der Waals surface area contributed by atoms with Gasteiger partial charge in [0.15, 0.2) is 0 Å². The van der Waals surface area contributed by atoms with Crippen molar-refractivity contribution in [1.29, 1.82) is 5.26 Å². The van der Waals surface area contributed by atoms with Crippen molar-refractivity contribution >= 4 is 12.2 Å². The zero-order valence-corrected chi connectivity index (χ0v) is 12.1. The van der Waals surface area contributed by atoms with Gasteiger partial charge >= 0.3 is 12.2 Å². The number of nitrogens with zero attached hydrogens (tertiary/aromatic N) is 2. The van der Waals surface area contributed by atoms with Crippen LogP contribution >= 0.6 is 0 Å². The van der Waals surface area contributed by atoms with Crippen LogP contribution in [0, 0.1) is 11.3 Å². The molecule has 0 unspecified atom stereocenters. The van der Waals surface area contributed by atoms with Crippen molar-refractivity contribution in [3.8, 4) is 6.07 Å². The van der Waals surface area contributed by atoms with E-state index in [1.54, 1.807) is 47.6 Å². The molecule has 6 nitrogen and oxygen atoms in total. The van der Waals surface area contributed by atoms with Gasteiger partial charge in [-0.05, 0) is 41.5 Å². The van der Waals surface area contributed by atoms with E-state index in [2.05, 4.69) is 0 Å². The van der Waals surface area contributed by atoms with Crippen LogP contribution in [0.15, 0.2) is 0 Å². The zero-order chi connectivity index (χ0) is 15.1. The monoisotopic (exact) mass is 258 g/mol. The molecule has 1 N–H and O–H groups in total. The highest BCUT2D eigenvalue weighted by atomic mass is 16.6. The summed E-state index contributed by atoms with van der Waals surface area (Å²) in [6, 6.07) is 1.75. The molecule has 0 bridgehead atoms. The summed E-state index contributed by atoms with van der Waals surface area (Å²) in [6.45, 7) is 11.4. The van der Waals surface area contributed by atoms with Crippen molar-refractivity contribution in [3.63, 3.8) is 0 Å². The third kappa shape index (κ3) is 8.39. The van der Waals surface area contributed by atoms with E-state index >= 15 is 0 Å². The summed E-state index contributed by atoms with van der Waals surface area (Å²) in [7, 11) is 0. The van der Waals surface area contributed by atoms with Crippen LogP contribution in [0.2, 0.25) is 0 Å². The lowest BCUT2D eigenvalue weighted by Crippen LogP contribution is -2.50. The summed E-state index contributed by atoms with van der Waals surface area (Å²) < 4.78 is 4.99. The second-order valence-corrected chi connectivity index (χ2v) is 5.49. The van der Waals surface area contributed by atoms with Crippen LogP contribution in [0.3, 0.4) is 0 Å². The highest BCUT2D eigenvalue weighted by molar-refractivity contribution is 5.87. The largest absolute Gasteiger partial charge is 0.465 e. The Morgan fingerprint density at radius 2 is 1.50 bits per heavy atom. The van der Waals surface area contributed by atoms with Crippen molar-refractivity contribution in [2.45, 2.75) is 59.6 Å². The van der Waals surface area contributed by atoms with Crippen LogP contribution < -0.4 is 0 Å². The zero-order valence-electron chi connectivity index (χ0n) is 12.1. The molecule has 0 aliphatic carbocycles. The second-order valence-electron chi connectivity index (χ2n) is 5.49. The van der Waals surface area contributed by atoms with Crippen molar-refractivity contribution < 1.29 is 19.4 Å². The van der Waals surface area contributed by atoms with Gasteiger partial charge in [0.2, 0.25) is 0 Å². The molecule has 0 rings (SSSR count). The maximum absolute atomic E-state index is 11.6. The summed E-state index contributed by atoms with van der Waals surface area (Å²) >= 11 is 0. The molecule has 2 amide bonds. The minimum absolute atomic E-state index is 0.679. The molecule has 0 saturated heterocycles. The van der Waals surface area contributed by atoms with Gasteiger partial charge in [-0.3, -0.25) is 0 Å². The number of carboxylic acid groups (broad SMARTS) is 1. The van der Waals surface area contributed by atoms with E-state index in [4.69, 9.17) is 15.1 Å². The minimum atomic E-state index is -1.31. The molecule has 0 heterocycles. The van der Waals surface area contributed by atoms with Crippen molar-refractivity contribution in [3.05, 3.63) is 0 Å².